The highest BCUT2D eigenvalue weighted by Crippen LogP contribution is 2.20. The Morgan fingerprint density at radius 2 is 2.00 bits per heavy atom. The van der Waals surface area contributed by atoms with Crippen molar-refractivity contribution in [3.8, 4) is 0 Å². The molecule has 0 atom stereocenters. The molecule has 0 bridgehead atoms. The number of hydrogen-bond acceptors (Lipinski definition) is 6. The minimum atomic E-state index is -0.645. The molecule has 1 aliphatic rings. The van der Waals surface area contributed by atoms with E-state index in [9.17, 15) is 9.59 Å². The molecule has 0 radical (unpaired) electrons. The monoisotopic (exact) mass is 343 g/mol. The molecule has 2 aromatic heterocycles. The Morgan fingerprint density at radius 1 is 1.20 bits per heavy atom. The van der Waals surface area contributed by atoms with E-state index in [4.69, 9.17) is 4.42 Å². The third kappa shape index (κ3) is 4.79. The molecule has 3 heterocycles. The highest BCUT2D eigenvalue weighted by Gasteiger charge is 2.22. The summed E-state index contributed by atoms with van der Waals surface area (Å²) in [6.07, 6.45) is 8.49. The van der Waals surface area contributed by atoms with Crippen LogP contribution in [0.2, 0.25) is 0 Å². The molecule has 1 saturated heterocycles. The zero-order chi connectivity index (χ0) is 17.5. The highest BCUT2D eigenvalue weighted by molar-refractivity contribution is 6.35. The molecule has 25 heavy (non-hydrogen) atoms. The van der Waals surface area contributed by atoms with Gasteiger partial charge in [-0.1, -0.05) is 0 Å². The largest absolute Gasteiger partial charge is 0.467 e. The molecule has 1 fully saturated rings. The second-order valence-corrected chi connectivity index (χ2v) is 5.97. The lowest BCUT2D eigenvalue weighted by molar-refractivity contribution is -0.139. The minimum absolute atomic E-state index is 0.204. The SMILES string of the molecule is O=C(NCc1ccco1)C(=O)NCC1CCN(c2cnccn2)CC1. The third-order valence-electron chi connectivity index (χ3n) is 4.25. The van der Waals surface area contributed by atoms with E-state index in [-0.39, 0.29) is 6.54 Å². The van der Waals surface area contributed by atoms with Gasteiger partial charge in [-0.3, -0.25) is 14.6 Å². The van der Waals surface area contributed by atoms with Crippen LogP contribution in [-0.4, -0.2) is 41.4 Å². The van der Waals surface area contributed by atoms with Crippen LogP contribution in [-0.2, 0) is 16.1 Å². The molecule has 3 rings (SSSR count). The van der Waals surface area contributed by atoms with Gasteiger partial charge in [-0.15, -0.1) is 0 Å². The van der Waals surface area contributed by atoms with Crippen molar-refractivity contribution in [2.45, 2.75) is 19.4 Å². The molecule has 8 nitrogen and oxygen atoms in total. The van der Waals surface area contributed by atoms with Crippen molar-refractivity contribution in [2.75, 3.05) is 24.5 Å². The third-order valence-corrected chi connectivity index (χ3v) is 4.25. The smallest absolute Gasteiger partial charge is 0.309 e. The number of hydrogen-bond donors (Lipinski definition) is 2. The first kappa shape index (κ1) is 16.9. The van der Waals surface area contributed by atoms with Gasteiger partial charge in [0.1, 0.15) is 11.6 Å². The number of rotatable bonds is 5. The highest BCUT2D eigenvalue weighted by atomic mass is 16.3. The maximum atomic E-state index is 11.8. The topological polar surface area (TPSA) is 100 Å². The van der Waals surface area contributed by atoms with Crippen LogP contribution in [0.25, 0.3) is 0 Å². The van der Waals surface area contributed by atoms with Gasteiger partial charge in [0.15, 0.2) is 0 Å². The van der Waals surface area contributed by atoms with Crippen molar-refractivity contribution in [1.29, 1.82) is 0 Å². The van der Waals surface area contributed by atoms with Gasteiger partial charge in [-0.2, -0.15) is 0 Å². The van der Waals surface area contributed by atoms with Gasteiger partial charge >= 0.3 is 11.8 Å². The summed E-state index contributed by atoms with van der Waals surface area (Å²) in [6.45, 7) is 2.44. The number of anilines is 1. The molecule has 2 N–H and O–H groups in total. The Balaban J connectivity index is 1.36. The Morgan fingerprint density at radius 3 is 2.68 bits per heavy atom. The quantitative estimate of drug-likeness (QED) is 0.776. The number of piperidine rings is 1. The lowest BCUT2D eigenvalue weighted by atomic mass is 9.97. The van der Waals surface area contributed by atoms with Crippen molar-refractivity contribution in [1.82, 2.24) is 20.6 Å². The number of amides is 2. The van der Waals surface area contributed by atoms with Gasteiger partial charge in [0, 0.05) is 32.0 Å². The molecule has 0 spiro atoms. The van der Waals surface area contributed by atoms with Crippen molar-refractivity contribution in [3.05, 3.63) is 42.7 Å². The summed E-state index contributed by atoms with van der Waals surface area (Å²) >= 11 is 0. The summed E-state index contributed by atoms with van der Waals surface area (Å²) in [5, 5.41) is 5.24. The molecule has 1 aliphatic heterocycles. The van der Waals surface area contributed by atoms with E-state index in [1.807, 2.05) is 0 Å². The van der Waals surface area contributed by atoms with Crippen LogP contribution in [0.4, 0.5) is 5.82 Å². The fraction of sp³-hybridized carbons (Fsp3) is 0.412. The Bertz CT molecular complexity index is 682. The van der Waals surface area contributed by atoms with Gasteiger partial charge in [-0.25, -0.2) is 4.98 Å². The molecule has 8 heteroatoms. The lowest BCUT2D eigenvalue weighted by Gasteiger charge is -2.32. The van der Waals surface area contributed by atoms with Gasteiger partial charge in [0.05, 0.1) is 19.0 Å². The number of nitrogens with one attached hydrogen (secondary N) is 2. The van der Waals surface area contributed by atoms with Crippen molar-refractivity contribution in [3.63, 3.8) is 0 Å². The predicted molar refractivity (Wildman–Crippen MR) is 90.5 cm³/mol. The Labute approximate surface area is 145 Å². The molecule has 0 aliphatic carbocycles. The van der Waals surface area contributed by atoms with E-state index in [1.54, 1.807) is 30.7 Å². The molecular weight excluding hydrogens is 322 g/mol. The van der Waals surface area contributed by atoms with Crippen LogP contribution in [0.3, 0.4) is 0 Å². The number of furan rings is 1. The average Bonchev–Trinajstić information content (AvgIpc) is 3.19. The summed E-state index contributed by atoms with van der Waals surface area (Å²) < 4.78 is 5.10. The first-order valence-electron chi connectivity index (χ1n) is 8.32. The second kappa shape index (κ2) is 8.27. The fourth-order valence-corrected chi connectivity index (χ4v) is 2.80. The fourth-order valence-electron chi connectivity index (χ4n) is 2.80. The molecule has 0 unspecified atom stereocenters. The molecule has 2 aromatic rings. The van der Waals surface area contributed by atoms with Crippen LogP contribution in [0, 0.1) is 5.92 Å². The van der Waals surface area contributed by atoms with E-state index in [0.29, 0.717) is 18.2 Å². The maximum absolute atomic E-state index is 11.8. The first-order valence-corrected chi connectivity index (χ1v) is 8.32. The molecule has 0 aromatic carbocycles. The van der Waals surface area contributed by atoms with Crippen LogP contribution in [0.5, 0.6) is 0 Å². The first-order chi connectivity index (χ1) is 12.2. The molecule has 132 valence electrons. The van der Waals surface area contributed by atoms with Crippen LogP contribution in [0.1, 0.15) is 18.6 Å². The second-order valence-electron chi connectivity index (χ2n) is 5.97. The summed E-state index contributed by atoms with van der Waals surface area (Å²) in [4.78, 5) is 34.2. The van der Waals surface area contributed by atoms with E-state index in [0.717, 1.165) is 31.7 Å². The van der Waals surface area contributed by atoms with Gasteiger partial charge in [0.2, 0.25) is 0 Å². The summed E-state index contributed by atoms with van der Waals surface area (Å²) in [7, 11) is 0. The standard InChI is InChI=1S/C17H21N5O3/c23-16(17(24)21-11-14-2-1-9-25-14)20-10-13-3-7-22(8-4-13)15-12-18-5-6-19-15/h1-2,5-6,9,12-13H,3-4,7-8,10-11H2,(H,20,23)(H,21,24). The number of nitrogens with zero attached hydrogens (tertiary/aromatic N) is 3. The number of carbonyl (C=O) groups is 2. The summed E-state index contributed by atoms with van der Waals surface area (Å²) in [6, 6.07) is 3.47. The van der Waals surface area contributed by atoms with Gasteiger partial charge in [-0.05, 0) is 30.9 Å². The normalized spacial score (nSPS) is 15.0. The minimum Gasteiger partial charge on any atom is -0.467 e. The summed E-state index contributed by atoms with van der Waals surface area (Å²) in [5.41, 5.74) is 0. The number of carbonyl (C=O) groups excluding carboxylic acids is 2. The molecular formula is C17H21N5O3. The van der Waals surface area contributed by atoms with E-state index in [1.165, 1.54) is 6.26 Å². The molecule has 0 saturated carbocycles. The number of aromatic nitrogens is 2. The van der Waals surface area contributed by atoms with Crippen LogP contribution in [0.15, 0.2) is 41.4 Å². The van der Waals surface area contributed by atoms with E-state index < -0.39 is 11.8 Å². The Hall–Kier alpha value is -2.90. The van der Waals surface area contributed by atoms with E-state index >= 15 is 0 Å². The lowest BCUT2D eigenvalue weighted by Crippen LogP contribution is -2.43. The van der Waals surface area contributed by atoms with Crippen LogP contribution < -0.4 is 15.5 Å². The van der Waals surface area contributed by atoms with Gasteiger partial charge in [0.25, 0.3) is 0 Å². The Kier molecular flexibility index (Phi) is 5.61. The predicted octanol–water partition coefficient (Wildman–Crippen LogP) is 0.719. The van der Waals surface area contributed by atoms with Crippen LogP contribution >= 0.6 is 0 Å². The average molecular weight is 343 g/mol. The maximum Gasteiger partial charge on any atom is 0.309 e. The van der Waals surface area contributed by atoms with Crippen molar-refractivity contribution in [2.24, 2.45) is 5.92 Å². The van der Waals surface area contributed by atoms with Crippen molar-refractivity contribution >= 4 is 17.6 Å². The molecule has 2 amide bonds. The van der Waals surface area contributed by atoms with E-state index in [2.05, 4.69) is 25.5 Å². The zero-order valence-corrected chi connectivity index (χ0v) is 13.9. The van der Waals surface area contributed by atoms with Gasteiger partial charge < -0.3 is 20.0 Å². The zero-order valence-electron chi connectivity index (χ0n) is 13.9. The van der Waals surface area contributed by atoms with Crippen molar-refractivity contribution < 1.29 is 14.0 Å². The summed E-state index contributed by atoms with van der Waals surface area (Å²) in [5.74, 6) is 0.589.